The van der Waals surface area contributed by atoms with Gasteiger partial charge in [0, 0.05) is 16.4 Å². The van der Waals surface area contributed by atoms with Crippen molar-refractivity contribution >= 4 is 23.0 Å². The third-order valence-corrected chi connectivity index (χ3v) is 5.35. The van der Waals surface area contributed by atoms with Crippen molar-refractivity contribution in [3.05, 3.63) is 58.0 Å². The van der Waals surface area contributed by atoms with Gasteiger partial charge in [-0.2, -0.15) is 0 Å². The lowest BCUT2D eigenvalue weighted by Gasteiger charge is -2.30. The number of amides is 1. The number of carbonyl (C=O) groups excluding carboxylic acids is 2. The molecule has 0 bridgehead atoms. The number of Topliss-reactive ketones (excluding diaryl/α,β-unsaturated/α-hetero) is 1. The van der Waals surface area contributed by atoms with Crippen LogP contribution < -0.4 is 17.7 Å². The summed E-state index contributed by atoms with van der Waals surface area (Å²) in [5.41, 5.74) is 0.437. The molecule has 0 spiro atoms. The van der Waals surface area contributed by atoms with E-state index in [0.717, 1.165) is 4.88 Å². The van der Waals surface area contributed by atoms with Crippen LogP contribution in [0.1, 0.15) is 28.1 Å². The Morgan fingerprint density at radius 3 is 2.62 bits per heavy atom. The first-order valence-electron chi connectivity index (χ1n) is 8.43. The fourth-order valence-corrected chi connectivity index (χ4v) is 3.73. The van der Waals surface area contributed by atoms with Crippen LogP contribution in [-0.2, 0) is 11.3 Å². The van der Waals surface area contributed by atoms with Gasteiger partial charge in [-0.1, -0.05) is 18.2 Å². The van der Waals surface area contributed by atoms with Crippen molar-refractivity contribution in [3.8, 4) is 0 Å². The van der Waals surface area contributed by atoms with Gasteiger partial charge in [-0.05, 0) is 49.5 Å². The summed E-state index contributed by atoms with van der Waals surface area (Å²) in [6.07, 6.45) is 1.40. The molecule has 2 heterocycles. The lowest BCUT2D eigenvalue weighted by molar-refractivity contribution is -0.122. The van der Waals surface area contributed by atoms with Gasteiger partial charge >= 0.3 is 0 Å². The van der Waals surface area contributed by atoms with Crippen molar-refractivity contribution in [2.75, 3.05) is 19.6 Å². The van der Waals surface area contributed by atoms with Gasteiger partial charge in [0.2, 0.25) is 5.91 Å². The zero-order valence-corrected chi connectivity index (χ0v) is 15.9. The Balaban J connectivity index is 0.00000243. The molecule has 3 rings (SSSR count). The van der Waals surface area contributed by atoms with Crippen LogP contribution in [-0.4, -0.2) is 36.2 Å². The fraction of sp³-hybridized carbons (Fsp3) is 0.368. The molecule has 0 unspecified atom stereocenters. The number of piperidine rings is 1. The summed E-state index contributed by atoms with van der Waals surface area (Å²) in [5.74, 6) is -0.470. The summed E-state index contributed by atoms with van der Waals surface area (Å²) >= 11 is 1.62. The molecule has 0 radical (unpaired) electrons. The number of hydrogen-bond acceptors (Lipinski definition) is 4. The molecule has 2 aromatic rings. The predicted octanol–water partition coefficient (Wildman–Crippen LogP) is 0.102. The maximum absolute atomic E-state index is 13.3. The van der Waals surface area contributed by atoms with E-state index in [1.807, 2.05) is 17.5 Å². The molecule has 1 saturated heterocycles. The highest BCUT2D eigenvalue weighted by Crippen LogP contribution is 2.22. The number of carbonyl (C=O) groups is 2. The number of nitrogens with one attached hydrogen (secondary N) is 1. The number of nitrogens with zero attached hydrogens (tertiary/aromatic N) is 1. The Morgan fingerprint density at radius 1 is 1.19 bits per heavy atom. The highest BCUT2D eigenvalue weighted by molar-refractivity contribution is 7.09. The van der Waals surface area contributed by atoms with Crippen molar-refractivity contribution < 1.29 is 26.4 Å². The maximum atomic E-state index is 13.3. The number of hydrogen-bond donors (Lipinski definition) is 1. The zero-order chi connectivity index (χ0) is 17.6. The van der Waals surface area contributed by atoms with Gasteiger partial charge < -0.3 is 17.7 Å². The summed E-state index contributed by atoms with van der Waals surface area (Å²) in [6.45, 7) is 2.33. The topological polar surface area (TPSA) is 49.4 Å². The quantitative estimate of drug-likeness (QED) is 0.706. The predicted molar refractivity (Wildman–Crippen MR) is 96.1 cm³/mol. The second-order valence-corrected chi connectivity index (χ2v) is 7.31. The van der Waals surface area contributed by atoms with Crippen LogP contribution in [0.2, 0.25) is 0 Å². The molecule has 0 saturated carbocycles. The van der Waals surface area contributed by atoms with E-state index in [0.29, 0.717) is 44.6 Å². The Morgan fingerprint density at radius 2 is 1.96 bits per heavy atom. The van der Waals surface area contributed by atoms with Crippen LogP contribution in [0.15, 0.2) is 41.8 Å². The average Bonchev–Trinajstić information content (AvgIpc) is 3.14. The second-order valence-electron chi connectivity index (χ2n) is 6.28. The first kappa shape index (κ1) is 20.6. The molecular weight excluding hydrogens is 375 g/mol. The second kappa shape index (κ2) is 9.80. The number of ketones is 1. The van der Waals surface area contributed by atoms with Crippen LogP contribution in [0.25, 0.3) is 0 Å². The van der Waals surface area contributed by atoms with Crippen LogP contribution in [0.3, 0.4) is 0 Å². The van der Waals surface area contributed by atoms with Gasteiger partial charge in [-0.25, -0.2) is 4.39 Å². The van der Waals surface area contributed by atoms with E-state index < -0.39 is 0 Å². The minimum Gasteiger partial charge on any atom is -1.00 e. The normalized spacial score (nSPS) is 15.3. The smallest absolute Gasteiger partial charge is 0.234 e. The molecule has 1 N–H and O–H groups in total. The maximum Gasteiger partial charge on any atom is 0.234 e. The molecule has 140 valence electrons. The van der Waals surface area contributed by atoms with Crippen LogP contribution in [0, 0.1) is 11.7 Å². The molecule has 1 aromatic carbocycles. The molecule has 1 fully saturated rings. The largest absolute Gasteiger partial charge is 1.00 e. The molecule has 0 aliphatic carbocycles. The van der Waals surface area contributed by atoms with Gasteiger partial charge in [0.1, 0.15) is 5.82 Å². The Hall–Kier alpha value is -1.76. The van der Waals surface area contributed by atoms with E-state index in [1.54, 1.807) is 23.5 Å². The van der Waals surface area contributed by atoms with Gasteiger partial charge in [-0.3, -0.25) is 14.5 Å². The molecule has 7 heteroatoms. The first-order valence-corrected chi connectivity index (χ1v) is 9.31. The molecule has 1 amide bonds. The van der Waals surface area contributed by atoms with E-state index >= 15 is 0 Å². The fourth-order valence-electron chi connectivity index (χ4n) is 3.09. The number of benzene rings is 1. The van der Waals surface area contributed by atoms with E-state index in [1.165, 1.54) is 12.1 Å². The molecule has 26 heavy (non-hydrogen) atoms. The standard InChI is InChI=1S/C19H21FN2O2S.ClH/c20-16-4-1-3-15(11-16)19(24)14-6-8-22(9-7-14)13-18(23)21-12-17-5-2-10-25-17;/h1-5,10-11,14H,6-9,12-13H2,(H,21,23);1H/p-1. The third-order valence-electron chi connectivity index (χ3n) is 4.47. The third kappa shape index (κ3) is 5.62. The minimum absolute atomic E-state index is 0. The van der Waals surface area contributed by atoms with Gasteiger partial charge in [0.05, 0.1) is 13.1 Å². The average molecular weight is 396 g/mol. The Bertz CT molecular complexity index is 731. The van der Waals surface area contributed by atoms with E-state index in [4.69, 9.17) is 0 Å². The number of likely N-dealkylation sites (tertiary alicyclic amines) is 1. The molecule has 1 aliphatic rings. The van der Waals surface area contributed by atoms with Gasteiger partial charge in [0.15, 0.2) is 5.78 Å². The van der Waals surface area contributed by atoms with E-state index in [2.05, 4.69) is 10.2 Å². The Kier molecular flexibility index (Phi) is 7.75. The lowest BCUT2D eigenvalue weighted by Crippen LogP contribution is -3.00. The molecule has 0 atom stereocenters. The van der Waals surface area contributed by atoms with Gasteiger partial charge in [0.25, 0.3) is 0 Å². The van der Waals surface area contributed by atoms with Crippen molar-refractivity contribution in [1.29, 1.82) is 0 Å². The summed E-state index contributed by atoms with van der Waals surface area (Å²) in [4.78, 5) is 27.7. The molecule has 4 nitrogen and oxygen atoms in total. The lowest BCUT2D eigenvalue weighted by atomic mass is 9.89. The van der Waals surface area contributed by atoms with Gasteiger partial charge in [-0.15, -0.1) is 11.3 Å². The van der Waals surface area contributed by atoms with E-state index in [9.17, 15) is 14.0 Å². The molecule has 1 aromatic heterocycles. The minimum atomic E-state index is -0.384. The summed E-state index contributed by atoms with van der Waals surface area (Å²) in [7, 11) is 0. The van der Waals surface area contributed by atoms with Crippen LogP contribution in [0.5, 0.6) is 0 Å². The Labute approximate surface area is 162 Å². The highest BCUT2D eigenvalue weighted by atomic mass is 35.5. The number of halogens is 2. The van der Waals surface area contributed by atoms with Crippen molar-refractivity contribution in [1.82, 2.24) is 10.2 Å². The highest BCUT2D eigenvalue weighted by Gasteiger charge is 2.26. The molecular formula is C19H21ClFN2O2S-. The number of thiophene rings is 1. The SMILES string of the molecule is O=C(CN1CCC(C(=O)c2cccc(F)c2)CC1)NCc1cccs1.[Cl-]. The van der Waals surface area contributed by atoms with Crippen molar-refractivity contribution in [2.45, 2.75) is 19.4 Å². The molecule has 1 aliphatic heterocycles. The monoisotopic (exact) mass is 395 g/mol. The summed E-state index contributed by atoms with van der Waals surface area (Å²) in [5, 5.41) is 4.91. The van der Waals surface area contributed by atoms with Crippen LogP contribution >= 0.6 is 11.3 Å². The summed E-state index contributed by atoms with van der Waals surface area (Å²) in [6, 6.07) is 9.83. The van der Waals surface area contributed by atoms with Crippen LogP contribution in [0.4, 0.5) is 4.39 Å². The van der Waals surface area contributed by atoms with Crippen molar-refractivity contribution in [3.63, 3.8) is 0 Å². The first-order chi connectivity index (χ1) is 12.1. The van der Waals surface area contributed by atoms with E-state index in [-0.39, 0.29) is 35.8 Å². The summed E-state index contributed by atoms with van der Waals surface area (Å²) < 4.78 is 13.3. The zero-order valence-electron chi connectivity index (χ0n) is 14.3. The van der Waals surface area contributed by atoms with Crippen molar-refractivity contribution in [2.24, 2.45) is 5.92 Å². The number of rotatable bonds is 6.